The molecule has 0 aliphatic carbocycles. The van der Waals surface area contributed by atoms with E-state index in [-0.39, 0.29) is 0 Å². The highest BCUT2D eigenvalue weighted by Crippen LogP contribution is 2.13. The zero-order valence-corrected chi connectivity index (χ0v) is 13.6. The van der Waals surface area contributed by atoms with Gasteiger partial charge in [0.25, 0.3) is 0 Å². The van der Waals surface area contributed by atoms with Crippen LogP contribution in [0.15, 0.2) is 42.5 Å². The van der Waals surface area contributed by atoms with Crippen LogP contribution < -0.4 is 10.1 Å². The van der Waals surface area contributed by atoms with Gasteiger partial charge in [-0.25, -0.2) is 0 Å². The van der Waals surface area contributed by atoms with Gasteiger partial charge in [-0.15, -0.1) is 0 Å². The Labute approximate surface area is 133 Å². The van der Waals surface area contributed by atoms with E-state index in [0.29, 0.717) is 0 Å². The number of aryl methyl sites for hydroxylation is 1. The van der Waals surface area contributed by atoms with E-state index < -0.39 is 0 Å². The Morgan fingerprint density at radius 1 is 1.00 bits per heavy atom. The first-order valence-electron chi connectivity index (χ1n) is 8.13. The Morgan fingerprint density at radius 3 is 2.55 bits per heavy atom. The summed E-state index contributed by atoms with van der Waals surface area (Å²) in [5, 5.41) is 3.42. The van der Waals surface area contributed by atoms with Gasteiger partial charge < -0.3 is 10.1 Å². The molecule has 0 saturated heterocycles. The van der Waals surface area contributed by atoms with E-state index in [1.165, 1.54) is 18.4 Å². The first-order valence-corrected chi connectivity index (χ1v) is 8.13. The molecule has 1 aromatic heterocycles. The summed E-state index contributed by atoms with van der Waals surface area (Å²) in [6.45, 7) is 6.66. The quantitative estimate of drug-likeness (QED) is 0.703. The highest BCUT2D eigenvalue weighted by Gasteiger charge is 1.98. The molecule has 0 amide bonds. The normalized spacial score (nSPS) is 10.6. The highest BCUT2D eigenvalue weighted by molar-refractivity contribution is 5.27. The summed E-state index contributed by atoms with van der Waals surface area (Å²) in [6.07, 6.45) is 3.59. The molecule has 0 aliphatic rings. The minimum absolute atomic E-state index is 0.789. The first kappa shape index (κ1) is 16.5. The molecule has 2 rings (SSSR count). The summed E-state index contributed by atoms with van der Waals surface area (Å²) < 4.78 is 5.72. The summed E-state index contributed by atoms with van der Waals surface area (Å²) in [6, 6.07) is 14.4. The number of unbranched alkanes of at least 4 members (excludes halogenated alkanes) is 2. The second-order valence-corrected chi connectivity index (χ2v) is 5.57. The predicted octanol–water partition coefficient (Wildman–Crippen LogP) is 4.25. The van der Waals surface area contributed by atoms with Gasteiger partial charge in [-0.2, -0.15) is 0 Å². The Balaban J connectivity index is 1.72. The molecular weight excluding hydrogens is 272 g/mol. The predicted molar refractivity (Wildman–Crippen MR) is 91.0 cm³/mol. The average Bonchev–Trinajstić information content (AvgIpc) is 2.53. The van der Waals surface area contributed by atoms with Gasteiger partial charge >= 0.3 is 0 Å². The molecule has 0 saturated carbocycles. The molecule has 2 aromatic rings. The van der Waals surface area contributed by atoms with Crippen molar-refractivity contribution >= 4 is 0 Å². The highest BCUT2D eigenvalue weighted by atomic mass is 16.5. The Kier molecular flexibility index (Phi) is 6.91. The second-order valence-electron chi connectivity index (χ2n) is 5.57. The summed E-state index contributed by atoms with van der Waals surface area (Å²) in [4.78, 5) is 4.48. The van der Waals surface area contributed by atoms with Crippen molar-refractivity contribution in [1.82, 2.24) is 10.3 Å². The van der Waals surface area contributed by atoms with Gasteiger partial charge in [0.15, 0.2) is 0 Å². The van der Waals surface area contributed by atoms with E-state index in [9.17, 15) is 0 Å². The number of hydrogen-bond acceptors (Lipinski definition) is 3. The molecule has 0 unspecified atom stereocenters. The van der Waals surface area contributed by atoms with Crippen LogP contribution >= 0.6 is 0 Å². The maximum atomic E-state index is 5.72. The van der Waals surface area contributed by atoms with E-state index in [0.717, 1.165) is 43.3 Å². The van der Waals surface area contributed by atoms with Gasteiger partial charge in [0, 0.05) is 18.8 Å². The van der Waals surface area contributed by atoms with Crippen LogP contribution in [0.4, 0.5) is 0 Å². The fraction of sp³-hybridized carbons (Fsp3) is 0.421. The van der Waals surface area contributed by atoms with Crippen LogP contribution in [0.2, 0.25) is 0 Å². The van der Waals surface area contributed by atoms with Gasteiger partial charge in [-0.05, 0) is 43.2 Å². The molecule has 0 atom stereocenters. The lowest BCUT2D eigenvalue weighted by atomic mass is 10.2. The standard InChI is InChI=1S/C19H26N2O/c1-3-4-5-13-22-19-11-9-17(10-12-19)14-20-15-18-8-6-7-16(2)21-18/h6-12,20H,3-5,13-15H2,1-2H3. The van der Waals surface area contributed by atoms with Crippen molar-refractivity contribution < 1.29 is 4.74 Å². The van der Waals surface area contributed by atoms with Gasteiger partial charge in [0.05, 0.1) is 12.3 Å². The smallest absolute Gasteiger partial charge is 0.119 e. The fourth-order valence-electron chi connectivity index (χ4n) is 2.28. The number of rotatable bonds is 9. The van der Waals surface area contributed by atoms with E-state index >= 15 is 0 Å². The maximum Gasteiger partial charge on any atom is 0.119 e. The lowest BCUT2D eigenvalue weighted by Crippen LogP contribution is -2.13. The Hall–Kier alpha value is -1.87. The molecule has 1 heterocycles. The van der Waals surface area contributed by atoms with Crippen LogP contribution in [-0.2, 0) is 13.1 Å². The summed E-state index contributed by atoms with van der Waals surface area (Å²) in [7, 11) is 0. The van der Waals surface area contributed by atoms with Crippen LogP contribution in [-0.4, -0.2) is 11.6 Å². The maximum absolute atomic E-state index is 5.72. The monoisotopic (exact) mass is 298 g/mol. The van der Waals surface area contributed by atoms with Gasteiger partial charge in [0.1, 0.15) is 5.75 Å². The molecular formula is C19H26N2O. The third-order valence-electron chi connectivity index (χ3n) is 3.52. The molecule has 1 N–H and O–H groups in total. The zero-order valence-electron chi connectivity index (χ0n) is 13.6. The Morgan fingerprint density at radius 2 is 1.82 bits per heavy atom. The van der Waals surface area contributed by atoms with Crippen molar-refractivity contribution in [2.75, 3.05) is 6.61 Å². The minimum atomic E-state index is 0.789. The van der Waals surface area contributed by atoms with Crippen LogP contribution in [0, 0.1) is 6.92 Å². The molecule has 1 aromatic carbocycles. The summed E-state index contributed by atoms with van der Waals surface area (Å²) >= 11 is 0. The van der Waals surface area contributed by atoms with E-state index in [1.54, 1.807) is 0 Å². The van der Waals surface area contributed by atoms with Crippen LogP contribution in [0.1, 0.15) is 43.1 Å². The van der Waals surface area contributed by atoms with Gasteiger partial charge in [-0.3, -0.25) is 4.98 Å². The summed E-state index contributed by atoms with van der Waals surface area (Å²) in [5.41, 5.74) is 3.40. The fourth-order valence-corrected chi connectivity index (χ4v) is 2.28. The van der Waals surface area contributed by atoms with Crippen molar-refractivity contribution in [3.63, 3.8) is 0 Å². The molecule has 0 aliphatic heterocycles. The number of aromatic nitrogens is 1. The number of ether oxygens (including phenoxy) is 1. The molecule has 0 bridgehead atoms. The second kappa shape index (κ2) is 9.21. The van der Waals surface area contributed by atoms with Crippen molar-refractivity contribution in [3.8, 4) is 5.75 Å². The summed E-state index contributed by atoms with van der Waals surface area (Å²) in [5.74, 6) is 0.959. The third kappa shape index (κ3) is 5.86. The van der Waals surface area contributed by atoms with Crippen molar-refractivity contribution in [1.29, 1.82) is 0 Å². The SMILES string of the molecule is CCCCCOc1ccc(CNCc2cccc(C)n2)cc1. The zero-order chi connectivity index (χ0) is 15.6. The largest absolute Gasteiger partial charge is 0.494 e. The van der Waals surface area contributed by atoms with Crippen LogP contribution in [0.3, 0.4) is 0 Å². The Bertz CT molecular complexity index is 552. The molecule has 118 valence electrons. The topological polar surface area (TPSA) is 34.1 Å². The van der Waals surface area contributed by atoms with Crippen LogP contribution in [0.5, 0.6) is 5.75 Å². The van der Waals surface area contributed by atoms with Crippen molar-refractivity contribution in [2.45, 2.75) is 46.2 Å². The van der Waals surface area contributed by atoms with Crippen LogP contribution in [0.25, 0.3) is 0 Å². The molecule has 3 nitrogen and oxygen atoms in total. The van der Waals surface area contributed by atoms with Gasteiger partial charge in [0.2, 0.25) is 0 Å². The molecule has 22 heavy (non-hydrogen) atoms. The molecule has 0 fully saturated rings. The van der Waals surface area contributed by atoms with E-state index in [2.05, 4.69) is 29.4 Å². The molecule has 3 heteroatoms. The molecule has 0 spiro atoms. The van der Waals surface area contributed by atoms with E-state index in [4.69, 9.17) is 4.74 Å². The average molecular weight is 298 g/mol. The molecule has 0 radical (unpaired) electrons. The van der Waals surface area contributed by atoms with Crippen molar-refractivity contribution in [2.24, 2.45) is 0 Å². The number of pyridine rings is 1. The van der Waals surface area contributed by atoms with E-state index in [1.807, 2.05) is 37.3 Å². The lowest BCUT2D eigenvalue weighted by molar-refractivity contribution is 0.306. The number of benzene rings is 1. The number of hydrogen-bond donors (Lipinski definition) is 1. The van der Waals surface area contributed by atoms with Gasteiger partial charge in [-0.1, -0.05) is 38.0 Å². The van der Waals surface area contributed by atoms with Crippen molar-refractivity contribution in [3.05, 3.63) is 59.4 Å². The third-order valence-corrected chi connectivity index (χ3v) is 3.52. The number of nitrogens with one attached hydrogen (secondary N) is 1. The number of nitrogens with zero attached hydrogens (tertiary/aromatic N) is 1. The lowest BCUT2D eigenvalue weighted by Gasteiger charge is -2.08. The minimum Gasteiger partial charge on any atom is -0.494 e. The first-order chi connectivity index (χ1) is 10.8.